The van der Waals surface area contributed by atoms with Crippen molar-refractivity contribution in [2.24, 2.45) is 0 Å². The third-order valence-corrected chi connectivity index (χ3v) is 6.53. The first-order chi connectivity index (χ1) is 12.8. The minimum absolute atomic E-state index is 0.107. The summed E-state index contributed by atoms with van der Waals surface area (Å²) in [6.07, 6.45) is 3.61. The van der Waals surface area contributed by atoms with Crippen LogP contribution in [0.25, 0.3) is 10.2 Å². The van der Waals surface area contributed by atoms with Crippen LogP contribution in [0.1, 0.15) is 48.6 Å². The second-order valence-electron chi connectivity index (χ2n) is 7.20. The van der Waals surface area contributed by atoms with Crippen molar-refractivity contribution in [2.45, 2.75) is 51.6 Å². The van der Waals surface area contributed by atoms with Crippen LogP contribution in [0, 0.1) is 0 Å². The number of hydrogen-bond acceptors (Lipinski definition) is 7. The van der Waals surface area contributed by atoms with Crippen LogP contribution in [0.4, 0.5) is 5.13 Å². The maximum atomic E-state index is 12.4. The quantitative estimate of drug-likeness (QED) is 0.606. The molecule has 1 aliphatic carbocycles. The van der Waals surface area contributed by atoms with Crippen molar-refractivity contribution >= 4 is 43.9 Å². The first-order valence-corrected chi connectivity index (χ1v) is 10.5. The number of nitrogens with zero attached hydrogens (tertiary/aromatic N) is 2. The van der Waals surface area contributed by atoms with Crippen molar-refractivity contribution < 1.29 is 9.90 Å². The zero-order chi connectivity index (χ0) is 19.2. The summed E-state index contributed by atoms with van der Waals surface area (Å²) in [4.78, 5) is 38.3. The molecule has 0 spiro atoms. The number of amides is 1. The van der Waals surface area contributed by atoms with Crippen molar-refractivity contribution in [1.82, 2.24) is 15.0 Å². The minimum atomic E-state index is -1.04. The number of aliphatic hydroxyl groups is 1. The number of nitrogens with one attached hydrogen (secondary N) is 2. The molecule has 1 amide bonds. The predicted octanol–water partition coefficient (Wildman–Crippen LogP) is 2.73. The Bertz CT molecular complexity index is 1070. The van der Waals surface area contributed by atoms with Gasteiger partial charge in [-0.25, -0.2) is 9.97 Å². The van der Waals surface area contributed by atoms with Crippen molar-refractivity contribution in [1.29, 1.82) is 0 Å². The molecule has 0 aromatic carbocycles. The van der Waals surface area contributed by atoms with Crippen LogP contribution in [0.2, 0.25) is 0 Å². The van der Waals surface area contributed by atoms with Gasteiger partial charge in [-0.15, -0.1) is 22.7 Å². The fourth-order valence-electron chi connectivity index (χ4n) is 3.19. The number of hydrogen-bond donors (Lipinski definition) is 3. The summed E-state index contributed by atoms with van der Waals surface area (Å²) in [5.74, 6) is 0.321. The number of aromatic amines is 1. The molecule has 3 N–H and O–H groups in total. The molecule has 0 fully saturated rings. The fourth-order valence-corrected chi connectivity index (χ4v) is 5.36. The zero-order valence-electron chi connectivity index (χ0n) is 15.1. The molecule has 0 saturated heterocycles. The number of aryl methyl sites for hydroxylation is 3. The highest BCUT2D eigenvalue weighted by Gasteiger charge is 2.22. The molecule has 7 nitrogen and oxygen atoms in total. The Balaban J connectivity index is 1.43. The lowest BCUT2D eigenvalue weighted by Gasteiger charge is -2.12. The molecule has 3 aromatic rings. The van der Waals surface area contributed by atoms with Crippen LogP contribution in [-0.2, 0) is 29.7 Å². The molecule has 9 heteroatoms. The molecule has 0 unspecified atom stereocenters. The van der Waals surface area contributed by atoms with Gasteiger partial charge in [0.25, 0.3) is 5.56 Å². The first kappa shape index (κ1) is 18.3. The summed E-state index contributed by atoms with van der Waals surface area (Å²) < 4.78 is 0. The van der Waals surface area contributed by atoms with Crippen LogP contribution in [-0.4, -0.2) is 26.0 Å². The van der Waals surface area contributed by atoms with Crippen molar-refractivity contribution in [3.63, 3.8) is 0 Å². The molecule has 0 aliphatic heterocycles. The van der Waals surface area contributed by atoms with E-state index in [1.165, 1.54) is 16.2 Å². The third kappa shape index (κ3) is 3.67. The Morgan fingerprint density at radius 2 is 2.19 bits per heavy atom. The highest BCUT2D eigenvalue weighted by atomic mass is 32.1. The SMILES string of the molecule is CC(C)(O)c1csc(NC(=O)CCc2nc3sc4c(c3c(=O)[nH]2)CCC4)n1. The van der Waals surface area contributed by atoms with E-state index in [-0.39, 0.29) is 17.9 Å². The first-order valence-electron chi connectivity index (χ1n) is 8.83. The Morgan fingerprint density at radius 3 is 2.93 bits per heavy atom. The van der Waals surface area contributed by atoms with Crippen LogP contribution >= 0.6 is 22.7 Å². The Morgan fingerprint density at radius 1 is 1.37 bits per heavy atom. The average molecular weight is 405 g/mol. The number of thiazole rings is 1. The molecular weight excluding hydrogens is 384 g/mol. The summed E-state index contributed by atoms with van der Waals surface area (Å²) in [7, 11) is 0. The Labute approximate surface area is 163 Å². The number of rotatable bonds is 5. The molecule has 3 aromatic heterocycles. The lowest BCUT2D eigenvalue weighted by molar-refractivity contribution is -0.116. The Hall–Kier alpha value is -2.10. The number of carbonyl (C=O) groups is 1. The molecule has 0 atom stereocenters. The summed E-state index contributed by atoms with van der Waals surface area (Å²) >= 11 is 2.86. The standard InChI is InChI=1S/C18H20N4O3S2/c1-18(2,25)11-8-26-17(19-11)22-13(23)7-6-12-20-15(24)14-9-4-3-5-10(9)27-16(14)21-12/h8,25H,3-7H2,1-2H3,(H,19,22,23)(H,20,21,24). The number of aromatic nitrogens is 3. The number of H-pyrrole nitrogens is 1. The lowest BCUT2D eigenvalue weighted by atomic mass is 10.1. The highest BCUT2D eigenvalue weighted by Crippen LogP contribution is 2.34. The topological polar surface area (TPSA) is 108 Å². The summed E-state index contributed by atoms with van der Waals surface area (Å²) in [6, 6.07) is 0. The van der Waals surface area contributed by atoms with Crippen molar-refractivity contribution in [3.8, 4) is 0 Å². The normalized spacial score (nSPS) is 13.9. The van der Waals surface area contributed by atoms with E-state index in [9.17, 15) is 14.7 Å². The van der Waals surface area contributed by atoms with E-state index in [2.05, 4.69) is 20.3 Å². The maximum Gasteiger partial charge on any atom is 0.259 e. The van der Waals surface area contributed by atoms with E-state index in [1.54, 1.807) is 30.6 Å². The molecule has 4 rings (SSSR count). The summed E-state index contributed by atoms with van der Waals surface area (Å²) in [5, 5.41) is 15.6. The van der Waals surface area contributed by atoms with E-state index in [0.717, 1.165) is 35.0 Å². The van der Waals surface area contributed by atoms with Gasteiger partial charge in [0.05, 0.1) is 11.1 Å². The number of thiophene rings is 1. The maximum absolute atomic E-state index is 12.4. The zero-order valence-corrected chi connectivity index (χ0v) is 16.7. The number of carbonyl (C=O) groups excluding carboxylic acids is 1. The number of fused-ring (bicyclic) bond motifs is 3. The van der Waals surface area contributed by atoms with Gasteiger partial charge in [-0.05, 0) is 38.7 Å². The van der Waals surface area contributed by atoms with E-state index in [4.69, 9.17) is 0 Å². The summed E-state index contributed by atoms with van der Waals surface area (Å²) in [6.45, 7) is 3.29. The van der Waals surface area contributed by atoms with Gasteiger partial charge < -0.3 is 15.4 Å². The lowest BCUT2D eigenvalue weighted by Crippen LogP contribution is -2.18. The van der Waals surface area contributed by atoms with Crippen LogP contribution in [0.15, 0.2) is 10.2 Å². The molecular formula is C18H20N4O3S2. The summed E-state index contributed by atoms with van der Waals surface area (Å²) in [5.41, 5.74) is 0.521. The monoisotopic (exact) mass is 404 g/mol. The van der Waals surface area contributed by atoms with Crippen LogP contribution in [0.3, 0.4) is 0 Å². The van der Waals surface area contributed by atoms with Gasteiger partial charge in [0.2, 0.25) is 5.91 Å². The van der Waals surface area contributed by atoms with Crippen LogP contribution < -0.4 is 10.9 Å². The van der Waals surface area contributed by atoms with Gasteiger partial charge in [0.1, 0.15) is 16.3 Å². The van der Waals surface area contributed by atoms with E-state index in [0.29, 0.717) is 23.1 Å². The van der Waals surface area contributed by atoms with Gasteiger partial charge in [0.15, 0.2) is 5.13 Å². The average Bonchev–Trinajstić information content (AvgIpc) is 3.27. The minimum Gasteiger partial charge on any atom is -0.384 e. The van der Waals surface area contributed by atoms with Crippen molar-refractivity contribution in [3.05, 3.63) is 37.7 Å². The van der Waals surface area contributed by atoms with E-state index in [1.807, 2.05) is 0 Å². The largest absolute Gasteiger partial charge is 0.384 e. The van der Waals surface area contributed by atoms with Gasteiger partial charge in [-0.2, -0.15) is 0 Å². The van der Waals surface area contributed by atoms with E-state index < -0.39 is 5.60 Å². The fraction of sp³-hybridized carbons (Fsp3) is 0.444. The van der Waals surface area contributed by atoms with Gasteiger partial charge >= 0.3 is 0 Å². The molecule has 3 heterocycles. The molecule has 0 bridgehead atoms. The molecule has 27 heavy (non-hydrogen) atoms. The second-order valence-corrected chi connectivity index (χ2v) is 9.14. The number of anilines is 1. The third-order valence-electron chi connectivity index (χ3n) is 4.59. The van der Waals surface area contributed by atoms with Crippen LogP contribution in [0.5, 0.6) is 0 Å². The van der Waals surface area contributed by atoms with Crippen molar-refractivity contribution in [2.75, 3.05) is 5.32 Å². The molecule has 0 saturated carbocycles. The van der Waals surface area contributed by atoms with Gasteiger partial charge in [-0.1, -0.05) is 0 Å². The Kier molecular flexibility index (Phi) is 4.61. The van der Waals surface area contributed by atoms with Gasteiger partial charge in [0, 0.05) is 23.1 Å². The smallest absolute Gasteiger partial charge is 0.259 e. The second kappa shape index (κ2) is 6.81. The highest BCUT2D eigenvalue weighted by molar-refractivity contribution is 7.18. The molecule has 1 aliphatic rings. The molecule has 142 valence electrons. The predicted molar refractivity (Wildman–Crippen MR) is 107 cm³/mol. The molecule has 0 radical (unpaired) electrons. The van der Waals surface area contributed by atoms with E-state index >= 15 is 0 Å². The van der Waals surface area contributed by atoms with Gasteiger partial charge in [-0.3, -0.25) is 9.59 Å².